The molecule has 0 spiro atoms. The van der Waals surface area contributed by atoms with E-state index in [0.717, 1.165) is 18.7 Å². The van der Waals surface area contributed by atoms with Crippen molar-refractivity contribution in [1.29, 1.82) is 0 Å². The van der Waals surface area contributed by atoms with E-state index in [9.17, 15) is 13.2 Å². The monoisotopic (exact) mass is 395 g/mol. The molecule has 2 aliphatic rings. The molecule has 1 amide bonds. The number of nitrogens with two attached hydrogens (primary N) is 1. The van der Waals surface area contributed by atoms with Crippen LogP contribution in [0.15, 0.2) is 24.3 Å². The summed E-state index contributed by atoms with van der Waals surface area (Å²) < 4.78 is 28.6. The molecule has 8 nitrogen and oxygen atoms in total. The van der Waals surface area contributed by atoms with Crippen molar-refractivity contribution in [2.24, 2.45) is 0 Å². The molecule has 0 atom stereocenters. The number of carbonyl (C=O) groups is 1. The van der Waals surface area contributed by atoms with Gasteiger partial charge in [-0.15, -0.1) is 0 Å². The topological polar surface area (TPSA) is 90.2 Å². The van der Waals surface area contributed by atoms with Gasteiger partial charge >= 0.3 is 0 Å². The van der Waals surface area contributed by atoms with Gasteiger partial charge in [-0.05, 0) is 25.1 Å². The molecule has 2 heterocycles. The number of nitrogens with zero attached hydrogens (tertiary/aromatic N) is 4. The molecular formula is C18H29N5O3S. The van der Waals surface area contributed by atoms with E-state index < -0.39 is 10.2 Å². The molecule has 3 rings (SSSR count). The van der Waals surface area contributed by atoms with Crippen LogP contribution in [0, 0.1) is 0 Å². The molecule has 2 N–H and O–H groups in total. The average Bonchev–Trinajstić information content (AvgIpc) is 2.67. The normalized spacial score (nSPS) is 20.7. The van der Waals surface area contributed by atoms with Gasteiger partial charge in [0.1, 0.15) is 0 Å². The Morgan fingerprint density at radius 1 is 0.963 bits per heavy atom. The molecule has 9 heteroatoms. The maximum atomic E-state index is 12.8. The van der Waals surface area contributed by atoms with Gasteiger partial charge in [0.15, 0.2) is 0 Å². The number of amides is 1. The van der Waals surface area contributed by atoms with E-state index in [0.29, 0.717) is 57.8 Å². The smallest absolute Gasteiger partial charge is 0.282 e. The second-order valence-corrected chi connectivity index (χ2v) is 9.12. The van der Waals surface area contributed by atoms with Gasteiger partial charge in [-0.25, -0.2) is 0 Å². The number of likely N-dealkylation sites (N-methyl/N-ethyl adjacent to an activating group) is 1. The van der Waals surface area contributed by atoms with Crippen LogP contribution in [-0.2, 0) is 21.4 Å². The van der Waals surface area contributed by atoms with Gasteiger partial charge in [0.25, 0.3) is 10.2 Å². The molecule has 27 heavy (non-hydrogen) atoms. The number of anilines is 1. The average molecular weight is 396 g/mol. The fraction of sp³-hybridized carbons (Fsp3) is 0.611. The van der Waals surface area contributed by atoms with Crippen LogP contribution in [0.25, 0.3) is 0 Å². The van der Waals surface area contributed by atoms with E-state index in [4.69, 9.17) is 5.73 Å². The van der Waals surface area contributed by atoms with E-state index in [1.165, 1.54) is 4.31 Å². The summed E-state index contributed by atoms with van der Waals surface area (Å²) in [5.74, 6) is 0.0508. The summed E-state index contributed by atoms with van der Waals surface area (Å²) in [6.45, 7) is 4.14. The molecule has 1 aromatic carbocycles. The molecule has 0 aromatic heterocycles. The Bertz CT molecular complexity index is 754. The zero-order valence-electron chi connectivity index (χ0n) is 15.9. The summed E-state index contributed by atoms with van der Waals surface area (Å²) >= 11 is 0. The molecule has 0 unspecified atom stereocenters. The molecular weight excluding hydrogens is 366 g/mol. The van der Waals surface area contributed by atoms with Crippen molar-refractivity contribution in [3.63, 3.8) is 0 Å². The van der Waals surface area contributed by atoms with Crippen molar-refractivity contribution < 1.29 is 13.2 Å². The number of benzene rings is 1. The van der Waals surface area contributed by atoms with Crippen molar-refractivity contribution in [1.82, 2.24) is 18.4 Å². The molecule has 2 saturated heterocycles. The lowest BCUT2D eigenvalue weighted by molar-refractivity contribution is -0.132. The summed E-state index contributed by atoms with van der Waals surface area (Å²) in [5.41, 5.74) is 7.60. The molecule has 1 aromatic rings. The number of hydrogen-bond acceptors (Lipinski definition) is 5. The molecule has 2 aliphatic heterocycles. The van der Waals surface area contributed by atoms with Gasteiger partial charge < -0.3 is 15.5 Å². The molecule has 150 valence electrons. The highest BCUT2D eigenvalue weighted by Crippen LogP contribution is 2.17. The van der Waals surface area contributed by atoms with Crippen LogP contribution in [0.3, 0.4) is 0 Å². The number of rotatable bonds is 5. The third kappa shape index (κ3) is 4.78. The van der Waals surface area contributed by atoms with Crippen molar-refractivity contribution in [3.8, 4) is 0 Å². The standard InChI is InChI=1S/C18H29N5O3S/c1-20-8-12-22(13-9-20)27(25,26)23-14-10-21(11-15-23)18(24)7-6-16-4-2-3-5-17(16)19/h2-5H,6-15,19H2,1H3. The van der Waals surface area contributed by atoms with Crippen LogP contribution >= 0.6 is 0 Å². The third-order valence-corrected chi connectivity index (χ3v) is 7.40. The summed E-state index contributed by atoms with van der Waals surface area (Å²) in [6.07, 6.45) is 0.991. The molecule has 0 radical (unpaired) electrons. The summed E-state index contributed by atoms with van der Waals surface area (Å²) in [4.78, 5) is 16.4. The van der Waals surface area contributed by atoms with Gasteiger partial charge in [-0.1, -0.05) is 18.2 Å². The number of carbonyl (C=O) groups excluding carboxylic acids is 1. The molecule has 0 saturated carbocycles. The molecule has 0 aliphatic carbocycles. The highest BCUT2D eigenvalue weighted by molar-refractivity contribution is 7.86. The number of piperazine rings is 2. The maximum absolute atomic E-state index is 12.8. The number of hydrogen-bond donors (Lipinski definition) is 1. The lowest BCUT2D eigenvalue weighted by Crippen LogP contribution is -2.57. The Labute approximate surface area is 161 Å². The van der Waals surface area contributed by atoms with Crippen molar-refractivity contribution in [3.05, 3.63) is 29.8 Å². The van der Waals surface area contributed by atoms with Crippen LogP contribution in [0.4, 0.5) is 5.69 Å². The van der Waals surface area contributed by atoms with Crippen molar-refractivity contribution in [2.45, 2.75) is 12.8 Å². The van der Waals surface area contributed by atoms with Gasteiger partial charge in [0.2, 0.25) is 5.91 Å². The molecule has 0 bridgehead atoms. The summed E-state index contributed by atoms with van der Waals surface area (Å²) in [7, 11) is -1.44. The first kappa shape index (κ1) is 20.1. The van der Waals surface area contributed by atoms with Gasteiger partial charge in [-0.3, -0.25) is 4.79 Å². The number of para-hydroxylation sites is 1. The Morgan fingerprint density at radius 3 is 2.11 bits per heavy atom. The van der Waals surface area contributed by atoms with Crippen LogP contribution in [0.5, 0.6) is 0 Å². The fourth-order valence-electron chi connectivity index (χ4n) is 3.51. The van der Waals surface area contributed by atoms with E-state index in [1.54, 1.807) is 9.21 Å². The lowest BCUT2D eigenvalue weighted by atomic mass is 10.1. The Balaban J connectivity index is 1.49. The van der Waals surface area contributed by atoms with Crippen LogP contribution in [0.2, 0.25) is 0 Å². The third-order valence-electron chi connectivity index (χ3n) is 5.37. The van der Waals surface area contributed by atoms with Gasteiger partial charge in [0.05, 0.1) is 0 Å². The highest BCUT2D eigenvalue weighted by Gasteiger charge is 2.34. The summed E-state index contributed by atoms with van der Waals surface area (Å²) in [6, 6.07) is 7.56. The van der Waals surface area contributed by atoms with Crippen LogP contribution in [0.1, 0.15) is 12.0 Å². The minimum Gasteiger partial charge on any atom is -0.399 e. The van der Waals surface area contributed by atoms with Crippen molar-refractivity contribution >= 4 is 21.8 Å². The van der Waals surface area contributed by atoms with E-state index in [1.807, 2.05) is 31.3 Å². The zero-order valence-corrected chi connectivity index (χ0v) is 16.7. The first-order valence-corrected chi connectivity index (χ1v) is 10.8. The second kappa shape index (κ2) is 8.55. The first-order valence-electron chi connectivity index (χ1n) is 9.43. The quantitative estimate of drug-likeness (QED) is 0.700. The predicted molar refractivity (Wildman–Crippen MR) is 105 cm³/mol. The lowest BCUT2D eigenvalue weighted by Gasteiger charge is -2.39. The minimum absolute atomic E-state index is 0.0508. The Hall–Kier alpha value is -1.68. The minimum atomic E-state index is -3.43. The van der Waals surface area contributed by atoms with Crippen LogP contribution < -0.4 is 5.73 Å². The molecule has 2 fully saturated rings. The Morgan fingerprint density at radius 2 is 1.52 bits per heavy atom. The number of nitrogen functional groups attached to an aromatic ring is 1. The predicted octanol–water partition coefficient (Wildman–Crippen LogP) is -0.162. The largest absolute Gasteiger partial charge is 0.399 e. The van der Waals surface area contributed by atoms with Crippen molar-refractivity contribution in [2.75, 3.05) is 65.1 Å². The van der Waals surface area contributed by atoms with E-state index in [-0.39, 0.29) is 5.91 Å². The first-order chi connectivity index (χ1) is 12.9. The van der Waals surface area contributed by atoms with Crippen LogP contribution in [-0.4, -0.2) is 92.1 Å². The highest BCUT2D eigenvalue weighted by atomic mass is 32.2. The van der Waals surface area contributed by atoms with Gasteiger partial charge in [0, 0.05) is 64.5 Å². The fourth-order valence-corrected chi connectivity index (χ4v) is 5.09. The van der Waals surface area contributed by atoms with E-state index >= 15 is 0 Å². The Kier molecular flexibility index (Phi) is 6.36. The van der Waals surface area contributed by atoms with Gasteiger partial charge in [-0.2, -0.15) is 17.0 Å². The second-order valence-electron chi connectivity index (χ2n) is 7.19. The summed E-state index contributed by atoms with van der Waals surface area (Å²) in [5, 5.41) is 0. The SMILES string of the molecule is CN1CCN(S(=O)(=O)N2CCN(C(=O)CCc3ccccc3N)CC2)CC1. The maximum Gasteiger partial charge on any atom is 0.282 e. The number of aryl methyl sites for hydroxylation is 1. The van der Waals surface area contributed by atoms with E-state index in [2.05, 4.69) is 4.90 Å². The zero-order chi connectivity index (χ0) is 19.4.